The molecule has 5 nitrogen and oxygen atoms in total. The Bertz CT molecular complexity index is 879. The highest BCUT2D eigenvalue weighted by atomic mass is 16.3. The quantitative estimate of drug-likeness (QED) is 0.476. The van der Waals surface area contributed by atoms with Gasteiger partial charge in [-0.05, 0) is 43.2 Å². The largest absolute Gasteiger partial charge is 0.507 e. The third-order valence-electron chi connectivity index (χ3n) is 4.30. The minimum atomic E-state index is 0.173. The van der Waals surface area contributed by atoms with Crippen LogP contribution in [-0.2, 0) is 0 Å². The molecule has 3 N–H and O–H groups in total. The summed E-state index contributed by atoms with van der Waals surface area (Å²) >= 11 is 0. The molecule has 0 radical (unpaired) electrons. The molecule has 0 saturated carbocycles. The number of nitrogens with zero attached hydrogens (tertiary/aromatic N) is 2. The van der Waals surface area contributed by atoms with Crippen molar-refractivity contribution in [1.29, 1.82) is 0 Å². The van der Waals surface area contributed by atoms with Gasteiger partial charge in [0.2, 0.25) is 5.95 Å². The Labute approximate surface area is 154 Å². The number of aryl methyl sites for hydroxylation is 1. The summed E-state index contributed by atoms with van der Waals surface area (Å²) in [5.41, 5.74) is 2.81. The molecular weight excluding hydrogens is 324 g/mol. The molecule has 0 atom stereocenters. The van der Waals surface area contributed by atoms with Gasteiger partial charge in [-0.15, -0.1) is 0 Å². The van der Waals surface area contributed by atoms with Crippen LogP contribution in [0.1, 0.15) is 38.2 Å². The van der Waals surface area contributed by atoms with Gasteiger partial charge in [-0.1, -0.05) is 44.4 Å². The summed E-state index contributed by atoms with van der Waals surface area (Å²) in [6.07, 6.45) is 4.76. The van der Waals surface area contributed by atoms with Crippen LogP contribution in [0.2, 0.25) is 0 Å². The van der Waals surface area contributed by atoms with E-state index in [1.54, 1.807) is 12.1 Å². The SMILES string of the molecule is CCCCCCNc1nc(Nc2cccc(C)c2)c2c(O)cccc2n1. The molecule has 0 aliphatic rings. The van der Waals surface area contributed by atoms with E-state index in [2.05, 4.69) is 27.5 Å². The van der Waals surface area contributed by atoms with Crippen molar-refractivity contribution in [2.75, 3.05) is 17.2 Å². The fraction of sp³-hybridized carbons (Fsp3) is 0.333. The second-order valence-electron chi connectivity index (χ2n) is 6.55. The van der Waals surface area contributed by atoms with Gasteiger partial charge in [-0.3, -0.25) is 0 Å². The smallest absolute Gasteiger partial charge is 0.225 e. The number of aromatic hydroxyl groups is 1. The van der Waals surface area contributed by atoms with E-state index in [-0.39, 0.29) is 5.75 Å². The molecule has 136 valence electrons. The van der Waals surface area contributed by atoms with Gasteiger partial charge in [0.05, 0.1) is 10.9 Å². The van der Waals surface area contributed by atoms with Crippen LogP contribution in [0, 0.1) is 6.92 Å². The molecule has 0 aliphatic carbocycles. The lowest BCUT2D eigenvalue weighted by Crippen LogP contribution is -2.07. The van der Waals surface area contributed by atoms with Crippen LogP contribution in [0.5, 0.6) is 5.75 Å². The maximum Gasteiger partial charge on any atom is 0.225 e. The van der Waals surface area contributed by atoms with E-state index in [4.69, 9.17) is 0 Å². The molecular formula is C21H26N4O. The molecule has 26 heavy (non-hydrogen) atoms. The Morgan fingerprint density at radius 3 is 2.65 bits per heavy atom. The zero-order chi connectivity index (χ0) is 18.4. The molecule has 3 rings (SSSR count). The van der Waals surface area contributed by atoms with E-state index in [1.807, 2.05) is 37.3 Å². The van der Waals surface area contributed by atoms with Crippen molar-refractivity contribution in [3.63, 3.8) is 0 Å². The summed E-state index contributed by atoms with van der Waals surface area (Å²) in [7, 11) is 0. The van der Waals surface area contributed by atoms with Crippen molar-refractivity contribution < 1.29 is 5.11 Å². The van der Waals surface area contributed by atoms with Gasteiger partial charge in [-0.2, -0.15) is 4.98 Å². The molecule has 0 unspecified atom stereocenters. The molecule has 1 aromatic heterocycles. The molecule has 3 aromatic rings. The van der Waals surface area contributed by atoms with Crippen molar-refractivity contribution >= 4 is 28.4 Å². The highest BCUT2D eigenvalue weighted by molar-refractivity contribution is 5.96. The number of unbranched alkanes of at least 4 members (excludes halogenated alkanes) is 3. The first-order valence-corrected chi connectivity index (χ1v) is 9.24. The third kappa shape index (κ3) is 4.42. The van der Waals surface area contributed by atoms with Crippen LogP contribution < -0.4 is 10.6 Å². The average molecular weight is 350 g/mol. The molecule has 0 spiro atoms. The summed E-state index contributed by atoms with van der Waals surface area (Å²) in [6, 6.07) is 13.4. The van der Waals surface area contributed by atoms with Gasteiger partial charge in [-0.25, -0.2) is 4.98 Å². The minimum Gasteiger partial charge on any atom is -0.507 e. The van der Waals surface area contributed by atoms with Gasteiger partial charge >= 0.3 is 0 Å². The highest BCUT2D eigenvalue weighted by Crippen LogP contribution is 2.32. The molecule has 2 aromatic carbocycles. The van der Waals surface area contributed by atoms with E-state index in [0.717, 1.165) is 24.2 Å². The Hall–Kier alpha value is -2.82. The Balaban J connectivity index is 1.88. The number of phenolic OH excluding ortho intramolecular Hbond substituents is 1. The van der Waals surface area contributed by atoms with Crippen LogP contribution in [0.25, 0.3) is 10.9 Å². The number of fused-ring (bicyclic) bond motifs is 1. The summed E-state index contributed by atoms with van der Waals surface area (Å²) in [6.45, 7) is 5.09. The van der Waals surface area contributed by atoms with Crippen LogP contribution in [-0.4, -0.2) is 21.6 Å². The number of hydrogen-bond acceptors (Lipinski definition) is 5. The molecule has 0 saturated heterocycles. The van der Waals surface area contributed by atoms with Gasteiger partial charge in [0.15, 0.2) is 0 Å². The fourth-order valence-electron chi connectivity index (χ4n) is 2.95. The predicted octanol–water partition coefficient (Wildman–Crippen LogP) is 5.38. The number of aromatic nitrogens is 2. The Kier molecular flexibility index (Phi) is 5.89. The topological polar surface area (TPSA) is 70.1 Å². The van der Waals surface area contributed by atoms with E-state index >= 15 is 0 Å². The van der Waals surface area contributed by atoms with Crippen LogP contribution in [0.3, 0.4) is 0 Å². The van der Waals surface area contributed by atoms with Crippen molar-refractivity contribution in [3.8, 4) is 5.75 Å². The number of benzene rings is 2. The van der Waals surface area contributed by atoms with E-state index in [9.17, 15) is 5.11 Å². The number of phenols is 1. The minimum absolute atomic E-state index is 0.173. The van der Waals surface area contributed by atoms with E-state index < -0.39 is 0 Å². The maximum absolute atomic E-state index is 10.3. The Morgan fingerprint density at radius 1 is 1.00 bits per heavy atom. The van der Waals surface area contributed by atoms with Gasteiger partial charge in [0.25, 0.3) is 0 Å². The molecule has 5 heteroatoms. The van der Waals surface area contributed by atoms with Gasteiger partial charge in [0, 0.05) is 12.2 Å². The van der Waals surface area contributed by atoms with Crippen molar-refractivity contribution in [2.24, 2.45) is 0 Å². The van der Waals surface area contributed by atoms with Crippen LogP contribution >= 0.6 is 0 Å². The number of anilines is 3. The van der Waals surface area contributed by atoms with Crippen LogP contribution in [0.4, 0.5) is 17.5 Å². The first-order valence-electron chi connectivity index (χ1n) is 9.24. The van der Waals surface area contributed by atoms with Crippen molar-refractivity contribution in [2.45, 2.75) is 39.5 Å². The predicted molar refractivity (Wildman–Crippen MR) is 108 cm³/mol. The summed E-state index contributed by atoms with van der Waals surface area (Å²) in [5.74, 6) is 1.36. The average Bonchev–Trinajstić information content (AvgIpc) is 2.61. The standard InChI is InChI=1S/C21H26N4O/c1-3-4-5-6-13-22-21-24-17-11-8-12-18(26)19(17)20(25-21)23-16-10-7-9-15(2)14-16/h7-12,14,26H,3-6,13H2,1-2H3,(H2,22,23,24,25). The van der Waals surface area contributed by atoms with E-state index in [0.29, 0.717) is 22.7 Å². The second kappa shape index (κ2) is 8.52. The highest BCUT2D eigenvalue weighted by Gasteiger charge is 2.12. The molecule has 1 heterocycles. The zero-order valence-electron chi connectivity index (χ0n) is 15.4. The van der Waals surface area contributed by atoms with E-state index in [1.165, 1.54) is 19.3 Å². The zero-order valence-corrected chi connectivity index (χ0v) is 15.4. The molecule has 0 amide bonds. The fourth-order valence-corrected chi connectivity index (χ4v) is 2.95. The maximum atomic E-state index is 10.3. The second-order valence-corrected chi connectivity index (χ2v) is 6.55. The number of nitrogens with one attached hydrogen (secondary N) is 2. The first kappa shape index (κ1) is 18.0. The van der Waals surface area contributed by atoms with Crippen LogP contribution in [0.15, 0.2) is 42.5 Å². The van der Waals surface area contributed by atoms with Crippen molar-refractivity contribution in [1.82, 2.24) is 9.97 Å². The third-order valence-corrected chi connectivity index (χ3v) is 4.30. The Morgan fingerprint density at radius 2 is 1.85 bits per heavy atom. The normalized spacial score (nSPS) is 10.8. The lowest BCUT2D eigenvalue weighted by atomic mass is 10.2. The monoisotopic (exact) mass is 350 g/mol. The summed E-state index contributed by atoms with van der Waals surface area (Å²) < 4.78 is 0. The van der Waals surface area contributed by atoms with Gasteiger partial charge in [0.1, 0.15) is 11.6 Å². The number of rotatable bonds is 8. The molecule has 0 aliphatic heterocycles. The summed E-state index contributed by atoms with van der Waals surface area (Å²) in [5, 5.41) is 17.6. The summed E-state index contributed by atoms with van der Waals surface area (Å²) in [4.78, 5) is 9.16. The number of hydrogen-bond donors (Lipinski definition) is 3. The van der Waals surface area contributed by atoms with Crippen molar-refractivity contribution in [3.05, 3.63) is 48.0 Å². The lowest BCUT2D eigenvalue weighted by Gasteiger charge is -2.13. The molecule has 0 bridgehead atoms. The lowest BCUT2D eigenvalue weighted by molar-refractivity contribution is 0.481. The molecule has 0 fully saturated rings. The van der Waals surface area contributed by atoms with Gasteiger partial charge < -0.3 is 15.7 Å². The first-order chi connectivity index (χ1) is 12.7.